The number of rotatable bonds is 2. The van der Waals surface area contributed by atoms with E-state index in [0.29, 0.717) is 19.3 Å². The van der Waals surface area contributed by atoms with Gasteiger partial charge in [-0.15, -0.1) is 11.3 Å². The third-order valence-electron chi connectivity index (χ3n) is 7.13. The Balaban J connectivity index is 1.80. The van der Waals surface area contributed by atoms with Gasteiger partial charge in [0.05, 0.1) is 34.7 Å². The average Bonchev–Trinajstić information content (AvgIpc) is 3.49. The topological polar surface area (TPSA) is 96.7 Å². The first-order valence-electron chi connectivity index (χ1n) is 12.0. The normalized spacial score (nSPS) is 33.0. The molecule has 1 aliphatic carbocycles. The highest BCUT2D eigenvalue weighted by Crippen LogP contribution is 2.52. The molecule has 6 nitrogen and oxygen atoms in total. The highest BCUT2D eigenvalue weighted by molar-refractivity contribution is 7.09. The molecular weight excluding hydrogens is 438 g/mol. The number of allylic oxidation sites excluding steroid dienone is 1. The van der Waals surface area contributed by atoms with E-state index in [-0.39, 0.29) is 18.1 Å². The van der Waals surface area contributed by atoms with Crippen LogP contribution >= 0.6 is 11.3 Å². The minimum Gasteiger partial charge on any atom is -0.457 e. The van der Waals surface area contributed by atoms with E-state index in [4.69, 9.17) is 4.74 Å². The van der Waals surface area contributed by atoms with Gasteiger partial charge in [-0.25, -0.2) is 4.98 Å². The smallest absolute Gasteiger partial charge is 0.309 e. The second-order valence-electron chi connectivity index (χ2n) is 9.79. The SMILES string of the molecule is C/C(=C\c1csc(C)n1)[C@H]1C/C=C\CCC[C@@H](C)[C@@H](O)[C@@H](C)C(=O)C2(CC2)[C@@H](O)CC(=O)O1. The van der Waals surface area contributed by atoms with Crippen molar-refractivity contribution in [3.63, 3.8) is 0 Å². The molecule has 1 aromatic rings. The van der Waals surface area contributed by atoms with Crippen molar-refractivity contribution in [2.75, 3.05) is 0 Å². The number of ether oxygens (including phenoxy) is 1. The Hall–Kier alpha value is -1.83. The zero-order valence-corrected chi connectivity index (χ0v) is 20.9. The fourth-order valence-corrected chi connectivity index (χ4v) is 5.28. The summed E-state index contributed by atoms with van der Waals surface area (Å²) in [6, 6.07) is 0. The number of thiazole rings is 1. The molecule has 0 bridgehead atoms. The van der Waals surface area contributed by atoms with E-state index in [2.05, 4.69) is 11.1 Å². The fourth-order valence-electron chi connectivity index (χ4n) is 4.71. The third kappa shape index (κ3) is 6.40. The molecule has 2 aliphatic rings. The van der Waals surface area contributed by atoms with Crippen LogP contribution in [0.5, 0.6) is 0 Å². The lowest BCUT2D eigenvalue weighted by Crippen LogP contribution is -2.41. The minimum absolute atomic E-state index is 0.0114. The van der Waals surface area contributed by atoms with Crippen molar-refractivity contribution in [1.29, 1.82) is 0 Å². The number of aromatic nitrogens is 1. The molecule has 182 valence electrons. The molecule has 0 aromatic carbocycles. The number of nitrogens with zero attached hydrogens (tertiary/aromatic N) is 1. The van der Waals surface area contributed by atoms with E-state index in [0.717, 1.165) is 35.5 Å². The molecule has 0 unspecified atom stereocenters. The summed E-state index contributed by atoms with van der Waals surface area (Å²) in [5.74, 6) is -1.24. The average molecular weight is 476 g/mol. The molecule has 1 spiro atoms. The Morgan fingerprint density at radius 1 is 1.24 bits per heavy atom. The van der Waals surface area contributed by atoms with Gasteiger partial charge in [0, 0.05) is 17.7 Å². The lowest BCUT2D eigenvalue weighted by molar-refractivity contribution is -0.152. The number of carbonyl (C=O) groups is 2. The minimum atomic E-state index is -1.10. The highest BCUT2D eigenvalue weighted by Gasteiger charge is 2.57. The summed E-state index contributed by atoms with van der Waals surface area (Å²) >= 11 is 1.57. The van der Waals surface area contributed by atoms with Crippen molar-refractivity contribution < 1.29 is 24.5 Å². The van der Waals surface area contributed by atoms with Crippen molar-refractivity contribution in [3.05, 3.63) is 33.8 Å². The van der Waals surface area contributed by atoms with Crippen LogP contribution in [-0.4, -0.2) is 45.3 Å². The third-order valence-corrected chi connectivity index (χ3v) is 7.92. The number of aliphatic hydroxyl groups excluding tert-OH is 2. The van der Waals surface area contributed by atoms with Gasteiger partial charge in [-0.3, -0.25) is 9.59 Å². The van der Waals surface area contributed by atoms with Gasteiger partial charge in [-0.1, -0.05) is 26.0 Å². The van der Waals surface area contributed by atoms with E-state index in [1.807, 2.05) is 38.3 Å². The molecule has 0 saturated heterocycles. The number of Topliss-reactive ketones (excluding diaryl/α,β-unsaturated/α-hetero) is 1. The van der Waals surface area contributed by atoms with Crippen LogP contribution in [0.15, 0.2) is 23.1 Å². The summed E-state index contributed by atoms with van der Waals surface area (Å²) in [5.41, 5.74) is 0.789. The number of esters is 1. The summed E-state index contributed by atoms with van der Waals surface area (Å²) < 4.78 is 5.78. The van der Waals surface area contributed by atoms with Gasteiger partial charge >= 0.3 is 5.97 Å². The predicted octanol–water partition coefficient (Wildman–Crippen LogP) is 4.63. The first-order valence-corrected chi connectivity index (χ1v) is 12.9. The van der Waals surface area contributed by atoms with Crippen molar-refractivity contribution in [1.82, 2.24) is 4.98 Å². The maximum absolute atomic E-state index is 13.2. The van der Waals surface area contributed by atoms with E-state index in [1.165, 1.54) is 0 Å². The summed E-state index contributed by atoms with van der Waals surface area (Å²) in [5, 5.41) is 24.5. The van der Waals surface area contributed by atoms with E-state index in [9.17, 15) is 19.8 Å². The maximum atomic E-state index is 13.2. The van der Waals surface area contributed by atoms with E-state index in [1.54, 1.807) is 18.3 Å². The van der Waals surface area contributed by atoms with Crippen LogP contribution in [0.4, 0.5) is 0 Å². The van der Waals surface area contributed by atoms with Gasteiger partial charge in [0.15, 0.2) is 0 Å². The first-order chi connectivity index (χ1) is 15.6. The van der Waals surface area contributed by atoms with Crippen molar-refractivity contribution in [2.45, 2.75) is 91.0 Å². The van der Waals surface area contributed by atoms with E-state index < -0.39 is 35.6 Å². The summed E-state index contributed by atoms with van der Waals surface area (Å²) in [6.45, 7) is 7.58. The lowest BCUT2D eigenvalue weighted by atomic mass is 9.79. The van der Waals surface area contributed by atoms with Crippen molar-refractivity contribution in [3.8, 4) is 0 Å². The number of hydrogen-bond donors (Lipinski definition) is 2. The maximum Gasteiger partial charge on any atom is 0.309 e. The van der Waals surface area contributed by atoms with Gasteiger partial charge in [-0.05, 0) is 63.5 Å². The number of ketones is 1. The lowest BCUT2D eigenvalue weighted by Gasteiger charge is -2.29. The number of hydrogen-bond acceptors (Lipinski definition) is 7. The molecule has 33 heavy (non-hydrogen) atoms. The molecule has 2 N–H and O–H groups in total. The van der Waals surface area contributed by atoms with Crippen LogP contribution < -0.4 is 0 Å². The van der Waals surface area contributed by atoms with Crippen molar-refractivity contribution >= 4 is 29.2 Å². The molecular formula is C26H37NO5S. The number of aliphatic hydroxyl groups is 2. The van der Waals surface area contributed by atoms with Gasteiger partial charge in [0.1, 0.15) is 11.9 Å². The van der Waals surface area contributed by atoms with Crippen LogP contribution in [0.25, 0.3) is 6.08 Å². The van der Waals surface area contributed by atoms with Crippen LogP contribution in [0.2, 0.25) is 0 Å². The number of aryl methyl sites for hydroxylation is 1. The number of carbonyl (C=O) groups excluding carboxylic acids is 2. The quantitative estimate of drug-likeness (QED) is 0.478. The van der Waals surface area contributed by atoms with Gasteiger partial charge in [0.2, 0.25) is 0 Å². The van der Waals surface area contributed by atoms with Crippen LogP contribution in [0, 0.1) is 24.2 Å². The first kappa shape index (κ1) is 25.8. The molecule has 3 rings (SSSR count). The summed E-state index contributed by atoms with van der Waals surface area (Å²) in [4.78, 5) is 30.4. The standard InChI is InChI=1S/C26H37NO5S/c1-16-9-7-5-6-8-10-21(17(2)13-20-15-33-19(4)27-20)32-23(29)14-22(28)26(11-12-26)25(31)18(3)24(16)30/h6,8,13,15-16,18,21-22,24,28,30H,5,7,9-12,14H2,1-4H3/b8-6-,17-13+/t16-,18-,21-,22+,24-/m1/s1. The molecule has 1 aromatic heterocycles. The van der Waals surface area contributed by atoms with Crippen LogP contribution in [-0.2, 0) is 14.3 Å². The van der Waals surface area contributed by atoms with Gasteiger partial charge in [-0.2, -0.15) is 0 Å². The van der Waals surface area contributed by atoms with Crippen LogP contribution in [0.1, 0.15) is 76.4 Å². The second-order valence-corrected chi connectivity index (χ2v) is 10.9. The summed E-state index contributed by atoms with van der Waals surface area (Å²) in [7, 11) is 0. The Kier molecular flexibility index (Phi) is 8.65. The monoisotopic (exact) mass is 475 g/mol. The van der Waals surface area contributed by atoms with Crippen LogP contribution in [0.3, 0.4) is 0 Å². The largest absolute Gasteiger partial charge is 0.457 e. The Bertz CT molecular complexity index is 900. The molecule has 7 heteroatoms. The molecule has 5 atom stereocenters. The van der Waals surface area contributed by atoms with E-state index >= 15 is 0 Å². The zero-order chi connectivity index (χ0) is 24.2. The molecule has 1 aliphatic heterocycles. The van der Waals surface area contributed by atoms with Gasteiger partial charge < -0.3 is 14.9 Å². The van der Waals surface area contributed by atoms with Gasteiger partial charge in [0.25, 0.3) is 0 Å². The Labute approximate surface area is 200 Å². The highest BCUT2D eigenvalue weighted by atomic mass is 32.1. The van der Waals surface area contributed by atoms with Crippen molar-refractivity contribution in [2.24, 2.45) is 17.3 Å². The Morgan fingerprint density at radius 3 is 2.61 bits per heavy atom. The second kappa shape index (κ2) is 11.1. The predicted molar refractivity (Wildman–Crippen MR) is 130 cm³/mol. The molecule has 0 radical (unpaired) electrons. The molecule has 1 fully saturated rings. The fraction of sp³-hybridized carbons (Fsp3) is 0.654. The molecule has 0 amide bonds. The molecule has 2 heterocycles. The molecule has 1 saturated carbocycles. The Morgan fingerprint density at radius 2 is 1.97 bits per heavy atom. The zero-order valence-electron chi connectivity index (χ0n) is 20.1. The summed E-state index contributed by atoms with van der Waals surface area (Å²) in [6.07, 6.45) is 7.70. The number of cyclic esters (lactones) is 1.